The predicted octanol–water partition coefficient (Wildman–Crippen LogP) is 2.53. The Kier molecular flexibility index (Phi) is 4.38. The van der Waals surface area contributed by atoms with E-state index in [1.807, 2.05) is 35.0 Å². The Morgan fingerprint density at radius 2 is 2.12 bits per heavy atom. The molecule has 0 radical (unpaired) electrons. The van der Waals surface area contributed by atoms with Crippen LogP contribution < -0.4 is 5.32 Å². The van der Waals surface area contributed by atoms with Gasteiger partial charge in [-0.15, -0.1) is 0 Å². The molecule has 3 aromatic rings. The van der Waals surface area contributed by atoms with Gasteiger partial charge in [0.25, 0.3) is 0 Å². The second-order valence-electron chi connectivity index (χ2n) is 6.51. The van der Waals surface area contributed by atoms with Gasteiger partial charge in [-0.25, -0.2) is 4.98 Å². The van der Waals surface area contributed by atoms with Crippen molar-refractivity contribution >= 4 is 0 Å². The molecule has 3 heterocycles. The number of ether oxygens (including phenoxy) is 1. The third kappa shape index (κ3) is 3.23. The van der Waals surface area contributed by atoms with Gasteiger partial charge >= 0.3 is 0 Å². The summed E-state index contributed by atoms with van der Waals surface area (Å²) >= 11 is 0. The van der Waals surface area contributed by atoms with E-state index in [4.69, 9.17) is 4.74 Å². The normalized spacial score (nSPS) is 20.2. The molecule has 2 atom stereocenters. The zero-order valence-electron chi connectivity index (χ0n) is 14.6. The van der Waals surface area contributed by atoms with Crippen LogP contribution in [0.4, 0.5) is 0 Å². The second kappa shape index (κ2) is 6.82. The maximum absolute atomic E-state index is 5.98. The van der Waals surface area contributed by atoms with Crippen molar-refractivity contribution in [2.24, 2.45) is 7.05 Å². The molecule has 25 heavy (non-hydrogen) atoms. The van der Waals surface area contributed by atoms with E-state index in [-0.39, 0.29) is 6.10 Å². The maximum atomic E-state index is 5.98. The first-order valence-electron chi connectivity index (χ1n) is 8.63. The molecule has 1 aliphatic rings. The lowest BCUT2D eigenvalue weighted by molar-refractivity contribution is 0.0979. The number of hydrogen-bond donors (Lipinski definition) is 1. The first kappa shape index (κ1) is 16.1. The summed E-state index contributed by atoms with van der Waals surface area (Å²) in [5, 5.41) is 8.00. The topological polar surface area (TPSA) is 56.9 Å². The van der Waals surface area contributed by atoms with Crippen molar-refractivity contribution in [2.45, 2.75) is 32.0 Å². The van der Waals surface area contributed by atoms with Crippen molar-refractivity contribution in [1.29, 1.82) is 0 Å². The van der Waals surface area contributed by atoms with E-state index in [0.717, 1.165) is 25.3 Å². The van der Waals surface area contributed by atoms with Gasteiger partial charge in [-0.2, -0.15) is 5.10 Å². The van der Waals surface area contributed by atoms with Crippen LogP contribution in [0.15, 0.2) is 49.2 Å². The van der Waals surface area contributed by atoms with Crippen LogP contribution in [-0.4, -0.2) is 32.0 Å². The molecule has 1 aromatic carbocycles. The summed E-state index contributed by atoms with van der Waals surface area (Å²) in [4.78, 5) is 4.09. The maximum Gasteiger partial charge on any atom is 0.101 e. The average molecular weight is 337 g/mol. The number of rotatable bonds is 5. The summed E-state index contributed by atoms with van der Waals surface area (Å²) in [6.45, 7) is 3.71. The number of benzene rings is 1. The van der Waals surface area contributed by atoms with Crippen molar-refractivity contribution in [3.8, 4) is 5.69 Å². The lowest BCUT2D eigenvalue weighted by atomic mass is 10.0. The van der Waals surface area contributed by atoms with Crippen LogP contribution in [0, 0.1) is 6.92 Å². The van der Waals surface area contributed by atoms with Crippen molar-refractivity contribution < 1.29 is 4.74 Å². The van der Waals surface area contributed by atoms with Crippen molar-refractivity contribution in [1.82, 2.24) is 24.6 Å². The molecule has 1 N–H and O–H groups in total. The number of nitrogens with zero attached hydrogens (tertiary/aromatic N) is 4. The molecule has 1 fully saturated rings. The minimum Gasteiger partial charge on any atom is -0.372 e. The van der Waals surface area contributed by atoms with Gasteiger partial charge in [-0.3, -0.25) is 4.68 Å². The van der Waals surface area contributed by atoms with Crippen LogP contribution >= 0.6 is 0 Å². The zero-order valence-corrected chi connectivity index (χ0v) is 14.6. The highest BCUT2D eigenvalue weighted by Gasteiger charge is 2.31. The lowest BCUT2D eigenvalue weighted by Crippen LogP contribution is -2.31. The van der Waals surface area contributed by atoms with Crippen LogP contribution in [0.25, 0.3) is 5.69 Å². The zero-order chi connectivity index (χ0) is 17.2. The average Bonchev–Trinajstić information content (AvgIpc) is 3.37. The van der Waals surface area contributed by atoms with Gasteiger partial charge in [-0.05, 0) is 31.0 Å². The third-order valence-corrected chi connectivity index (χ3v) is 4.98. The second-order valence-corrected chi connectivity index (χ2v) is 6.51. The van der Waals surface area contributed by atoms with E-state index in [9.17, 15) is 0 Å². The quantitative estimate of drug-likeness (QED) is 0.777. The Balaban J connectivity index is 1.41. The van der Waals surface area contributed by atoms with Gasteiger partial charge in [0.15, 0.2) is 0 Å². The standard InChI is InChI=1S/C19H23N5O/c1-14-17(12-22-23(14)2)19-18(7-10-25-19)21-11-15-3-5-16(6-4-15)24-9-8-20-13-24/h3-6,8-9,12-13,18-19,21H,7,10-11H2,1-2H3/t18-,19+/m0/s1. The summed E-state index contributed by atoms with van der Waals surface area (Å²) in [5.74, 6) is 0. The van der Waals surface area contributed by atoms with Gasteiger partial charge < -0.3 is 14.6 Å². The molecular weight excluding hydrogens is 314 g/mol. The van der Waals surface area contributed by atoms with Crippen LogP contribution in [0.1, 0.15) is 29.3 Å². The minimum atomic E-state index is 0.0823. The minimum absolute atomic E-state index is 0.0823. The highest BCUT2D eigenvalue weighted by Crippen LogP contribution is 2.31. The van der Waals surface area contributed by atoms with Gasteiger partial charge in [0.1, 0.15) is 6.10 Å². The van der Waals surface area contributed by atoms with Crippen molar-refractivity contribution in [3.05, 3.63) is 66.0 Å². The highest BCUT2D eigenvalue weighted by molar-refractivity contribution is 5.34. The number of aromatic nitrogens is 4. The third-order valence-electron chi connectivity index (χ3n) is 4.98. The van der Waals surface area contributed by atoms with Gasteiger partial charge in [0.05, 0.1) is 12.5 Å². The van der Waals surface area contributed by atoms with E-state index in [1.165, 1.54) is 16.8 Å². The van der Waals surface area contributed by atoms with Crippen LogP contribution in [0.3, 0.4) is 0 Å². The molecule has 1 aliphatic heterocycles. The van der Waals surface area contributed by atoms with Crippen LogP contribution in [0.2, 0.25) is 0 Å². The molecule has 6 heteroatoms. The molecule has 130 valence electrons. The highest BCUT2D eigenvalue weighted by atomic mass is 16.5. The van der Waals surface area contributed by atoms with Gasteiger partial charge in [0.2, 0.25) is 0 Å². The first-order valence-corrected chi connectivity index (χ1v) is 8.63. The van der Waals surface area contributed by atoms with Gasteiger partial charge in [0, 0.05) is 55.6 Å². The van der Waals surface area contributed by atoms with E-state index in [0.29, 0.717) is 6.04 Å². The Morgan fingerprint density at radius 3 is 2.80 bits per heavy atom. The molecule has 4 rings (SSSR count). The molecule has 0 unspecified atom stereocenters. The summed E-state index contributed by atoms with van der Waals surface area (Å²) in [7, 11) is 1.97. The first-order chi connectivity index (χ1) is 12.2. The fourth-order valence-electron chi connectivity index (χ4n) is 3.35. The summed E-state index contributed by atoms with van der Waals surface area (Å²) in [6, 6.07) is 8.86. The molecular formula is C19H23N5O. The fourth-order valence-corrected chi connectivity index (χ4v) is 3.35. The van der Waals surface area contributed by atoms with Gasteiger partial charge in [-0.1, -0.05) is 12.1 Å². The number of nitrogens with one attached hydrogen (secondary N) is 1. The molecule has 6 nitrogen and oxygen atoms in total. The number of aryl methyl sites for hydroxylation is 1. The van der Waals surface area contributed by atoms with Crippen molar-refractivity contribution in [2.75, 3.05) is 6.61 Å². The van der Waals surface area contributed by atoms with E-state index in [1.54, 1.807) is 6.20 Å². The van der Waals surface area contributed by atoms with E-state index < -0.39 is 0 Å². The molecule has 0 bridgehead atoms. The van der Waals surface area contributed by atoms with Crippen LogP contribution in [-0.2, 0) is 18.3 Å². The summed E-state index contributed by atoms with van der Waals surface area (Å²) in [5.41, 5.74) is 4.74. The fraction of sp³-hybridized carbons (Fsp3) is 0.368. The lowest BCUT2D eigenvalue weighted by Gasteiger charge is -2.20. The molecule has 0 amide bonds. The number of hydrogen-bond acceptors (Lipinski definition) is 4. The molecule has 0 aliphatic carbocycles. The summed E-state index contributed by atoms with van der Waals surface area (Å²) < 4.78 is 9.89. The monoisotopic (exact) mass is 337 g/mol. The van der Waals surface area contributed by atoms with E-state index >= 15 is 0 Å². The van der Waals surface area contributed by atoms with Crippen molar-refractivity contribution in [3.63, 3.8) is 0 Å². The molecule has 0 spiro atoms. The largest absolute Gasteiger partial charge is 0.372 e. The summed E-state index contributed by atoms with van der Waals surface area (Å²) in [6.07, 6.45) is 8.58. The van der Waals surface area contributed by atoms with E-state index in [2.05, 4.69) is 46.6 Å². The Bertz CT molecular complexity index is 822. The smallest absolute Gasteiger partial charge is 0.101 e. The SMILES string of the molecule is Cc1c([C@H]2OCC[C@@H]2NCc2ccc(-n3ccnc3)cc2)cnn1C. The Labute approximate surface area is 147 Å². The molecule has 0 saturated carbocycles. The van der Waals surface area contributed by atoms with Crippen LogP contribution in [0.5, 0.6) is 0 Å². The Morgan fingerprint density at radius 1 is 1.28 bits per heavy atom. The molecule has 1 saturated heterocycles. The molecule has 2 aromatic heterocycles. The Hall–Kier alpha value is -2.44. The predicted molar refractivity (Wildman–Crippen MR) is 95.4 cm³/mol. The number of imidazole rings is 1.